The topological polar surface area (TPSA) is 166 Å². The van der Waals surface area contributed by atoms with Crippen molar-refractivity contribution >= 4 is 45.0 Å². The van der Waals surface area contributed by atoms with E-state index in [1.807, 2.05) is 67.7 Å². The second-order valence-corrected chi connectivity index (χ2v) is 20.9. The fourth-order valence-electron chi connectivity index (χ4n) is 11.1. The molecule has 1 amide bonds. The van der Waals surface area contributed by atoms with Crippen LogP contribution >= 0.6 is 0 Å². The Morgan fingerprint density at radius 2 is 1.66 bits per heavy atom. The van der Waals surface area contributed by atoms with E-state index in [0.29, 0.717) is 97.3 Å². The van der Waals surface area contributed by atoms with E-state index in [1.54, 1.807) is 30.1 Å². The standard InChI is InChI=1S/C53H59FN10O7/c1-30-40(54)24-41-39(25-57-64(41)42-8-6-7-19-68-42)43(30)44-37(33-13-14-33)23-38-45(46(44)69-29-32-11-9-31(10-12-32)26-63-49-48(55-17-18-56-49)60(5)51(63)65)58-50(70-36-15-20-67-21-16-36)59-47(38)61-27-35-22-34(61)28-62(35)52(66)71-53(2,3)4/h9-12,17-18,23-25,33-36,42H,6-8,13-16,19-22,26-29H2,1-5H3/t34-,35-,42?/m0/s1. The van der Waals surface area contributed by atoms with Crippen LogP contribution in [0.1, 0.15) is 107 Å². The second-order valence-electron chi connectivity index (χ2n) is 20.9. The molecular formula is C53H59FN10O7. The maximum absolute atomic E-state index is 16.8. The second kappa shape index (κ2) is 17.9. The number of hydrogen-bond acceptors (Lipinski definition) is 13. The van der Waals surface area contributed by atoms with E-state index in [-0.39, 0.29) is 60.6 Å². The number of halogens is 1. The Hall–Kier alpha value is -6.66. The van der Waals surface area contributed by atoms with Crippen molar-refractivity contribution in [2.24, 2.45) is 7.05 Å². The Balaban J connectivity index is 1.00. The van der Waals surface area contributed by atoms with Gasteiger partial charge in [-0.3, -0.25) is 9.13 Å². The van der Waals surface area contributed by atoms with Gasteiger partial charge in [-0.25, -0.2) is 28.6 Å². The molecule has 5 fully saturated rings. The van der Waals surface area contributed by atoms with Crippen molar-refractivity contribution in [1.82, 2.24) is 43.8 Å². The van der Waals surface area contributed by atoms with Crippen LogP contribution in [0.15, 0.2) is 59.8 Å². The minimum Gasteiger partial charge on any atom is -0.486 e. The zero-order chi connectivity index (χ0) is 48.7. The predicted molar refractivity (Wildman–Crippen MR) is 263 cm³/mol. The number of amides is 1. The molecule has 0 radical (unpaired) electrons. The van der Waals surface area contributed by atoms with Crippen LogP contribution in [-0.4, -0.2) is 107 Å². The third kappa shape index (κ3) is 8.41. The number of ether oxygens (including phenoxy) is 5. The SMILES string of the molecule is Cc1c(F)cc2c(cnn2C2CCCCO2)c1-c1c(C2CC2)cc2c(N3C[C@@H]4C[C@H]3CN4C(=O)OC(C)(C)C)nc(OC3CCOCC3)nc2c1OCc1ccc(Cn2c(=O)n(C)c3nccnc32)cc1. The van der Waals surface area contributed by atoms with E-state index >= 15 is 4.39 Å². The van der Waals surface area contributed by atoms with Crippen molar-refractivity contribution < 1.29 is 32.9 Å². The van der Waals surface area contributed by atoms with E-state index in [4.69, 9.17) is 38.8 Å². The summed E-state index contributed by atoms with van der Waals surface area (Å²) in [6, 6.07) is 11.9. The highest BCUT2D eigenvalue weighted by atomic mass is 19.1. The van der Waals surface area contributed by atoms with Gasteiger partial charge < -0.3 is 33.5 Å². The molecule has 1 aliphatic carbocycles. The molecule has 370 valence electrons. The summed E-state index contributed by atoms with van der Waals surface area (Å²) in [7, 11) is 1.70. The summed E-state index contributed by atoms with van der Waals surface area (Å²) < 4.78 is 53.4. The van der Waals surface area contributed by atoms with Gasteiger partial charge in [0.15, 0.2) is 23.3 Å². The molecule has 4 aliphatic heterocycles. The van der Waals surface area contributed by atoms with Gasteiger partial charge in [-0.15, -0.1) is 0 Å². The van der Waals surface area contributed by atoms with Crippen LogP contribution in [0.4, 0.5) is 15.0 Å². The molecule has 1 unspecified atom stereocenters. The third-order valence-electron chi connectivity index (χ3n) is 14.8. The predicted octanol–water partition coefficient (Wildman–Crippen LogP) is 8.50. The number of likely N-dealkylation sites (tertiary alicyclic amines) is 1. The number of aryl methyl sites for hydroxylation is 1. The molecule has 3 aromatic carbocycles. The van der Waals surface area contributed by atoms with Gasteiger partial charge in [0.2, 0.25) is 0 Å². The monoisotopic (exact) mass is 966 g/mol. The summed E-state index contributed by atoms with van der Waals surface area (Å²) in [4.78, 5) is 50.3. The summed E-state index contributed by atoms with van der Waals surface area (Å²) in [5.41, 5.74) is 6.22. The molecule has 1 saturated carbocycles. The fraction of sp³-hybridized carbons (Fsp3) is 0.491. The highest BCUT2D eigenvalue weighted by molar-refractivity contribution is 6.06. The lowest BCUT2D eigenvalue weighted by Gasteiger charge is -2.36. The van der Waals surface area contributed by atoms with Crippen LogP contribution in [0.5, 0.6) is 11.8 Å². The molecule has 8 heterocycles. The first-order valence-electron chi connectivity index (χ1n) is 25.1. The van der Waals surface area contributed by atoms with E-state index in [0.717, 1.165) is 71.6 Å². The van der Waals surface area contributed by atoms with E-state index in [1.165, 1.54) is 4.57 Å². The van der Waals surface area contributed by atoms with Crippen LogP contribution in [0.3, 0.4) is 0 Å². The first-order valence-corrected chi connectivity index (χ1v) is 25.1. The minimum absolute atomic E-state index is 0.0248. The van der Waals surface area contributed by atoms with Gasteiger partial charge >= 0.3 is 17.8 Å². The van der Waals surface area contributed by atoms with E-state index in [2.05, 4.69) is 20.9 Å². The molecular weight excluding hydrogens is 908 g/mol. The minimum atomic E-state index is -0.616. The Kier molecular flexibility index (Phi) is 11.5. The number of anilines is 1. The lowest BCUT2D eigenvalue weighted by molar-refractivity contribution is -0.0366. The number of piperazine rings is 1. The van der Waals surface area contributed by atoms with Crippen molar-refractivity contribution in [2.45, 2.75) is 128 Å². The highest BCUT2D eigenvalue weighted by Crippen LogP contribution is 2.54. The average molecular weight is 967 g/mol. The molecule has 7 aromatic rings. The highest BCUT2D eigenvalue weighted by Gasteiger charge is 2.48. The number of imidazole rings is 1. The fourth-order valence-corrected chi connectivity index (χ4v) is 11.1. The van der Waals surface area contributed by atoms with E-state index < -0.39 is 5.60 Å². The van der Waals surface area contributed by atoms with Crippen LogP contribution in [0.25, 0.3) is 44.2 Å². The molecule has 17 nitrogen and oxygen atoms in total. The Morgan fingerprint density at radius 1 is 0.887 bits per heavy atom. The molecule has 2 bridgehead atoms. The number of benzene rings is 3. The van der Waals surface area contributed by atoms with Crippen LogP contribution in [-0.2, 0) is 34.4 Å². The summed E-state index contributed by atoms with van der Waals surface area (Å²) in [5.74, 6) is 1.05. The maximum atomic E-state index is 16.8. The number of fused-ring (bicyclic) bond motifs is 5. The van der Waals surface area contributed by atoms with Crippen LogP contribution in [0, 0.1) is 12.7 Å². The summed E-state index contributed by atoms with van der Waals surface area (Å²) in [6.07, 6.45) is 11.1. The van der Waals surface area contributed by atoms with Gasteiger partial charge in [0.1, 0.15) is 35.5 Å². The number of aromatic nitrogens is 8. The first-order chi connectivity index (χ1) is 34.4. The lowest BCUT2D eigenvalue weighted by atomic mass is 9.88. The Labute approximate surface area is 409 Å². The van der Waals surface area contributed by atoms with Gasteiger partial charge in [0, 0.05) is 79.9 Å². The molecule has 18 heteroatoms. The first kappa shape index (κ1) is 45.5. The van der Waals surface area contributed by atoms with Crippen molar-refractivity contribution in [3.05, 3.63) is 93.5 Å². The van der Waals surface area contributed by atoms with Crippen molar-refractivity contribution in [3.63, 3.8) is 0 Å². The van der Waals surface area contributed by atoms with Crippen LogP contribution in [0.2, 0.25) is 0 Å². The molecule has 4 saturated heterocycles. The molecule has 3 atom stereocenters. The zero-order valence-corrected chi connectivity index (χ0v) is 40.9. The van der Waals surface area contributed by atoms with E-state index in [9.17, 15) is 9.59 Å². The number of nitrogens with zero attached hydrogens (tertiary/aromatic N) is 10. The van der Waals surface area contributed by atoms with Gasteiger partial charge in [-0.2, -0.15) is 15.1 Å². The van der Waals surface area contributed by atoms with Crippen molar-refractivity contribution in [1.29, 1.82) is 0 Å². The molecule has 0 spiro atoms. The number of carbonyl (C=O) groups excluding carboxylic acids is 1. The number of hydrogen-bond donors (Lipinski definition) is 0. The van der Waals surface area contributed by atoms with Crippen molar-refractivity contribution in [3.8, 4) is 22.9 Å². The van der Waals surface area contributed by atoms with Gasteiger partial charge in [0.05, 0.1) is 43.6 Å². The smallest absolute Gasteiger partial charge is 0.410 e. The zero-order valence-electron chi connectivity index (χ0n) is 40.9. The quantitative estimate of drug-likeness (QED) is 0.121. The van der Waals surface area contributed by atoms with Crippen molar-refractivity contribution in [2.75, 3.05) is 37.8 Å². The molecule has 0 N–H and O–H groups in total. The summed E-state index contributed by atoms with van der Waals surface area (Å²) in [5, 5.41) is 6.49. The number of rotatable bonds is 11. The molecule has 4 aromatic heterocycles. The largest absolute Gasteiger partial charge is 0.486 e. The summed E-state index contributed by atoms with van der Waals surface area (Å²) >= 11 is 0. The van der Waals surface area contributed by atoms with Crippen LogP contribution < -0.4 is 20.1 Å². The maximum Gasteiger partial charge on any atom is 0.410 e. The summed E-state index contributed by atoms with van der Waals surface area (Å²) in [6.45, 7) is 10.8. The van der Waals surface area contributed by atoms with Gasteiger partial charge in [-0.05, 0) is 100 Å². The molecule has 71 heavy (non-hydrogen) atoms. The Bertz CT molecular complexity index is 3260. The molecule has 12 rings (SSSR count). The number of carbonyl (C=O) groups is 1. The average Bonchev–Trinajstić information content (AvgIpc) is 3.69. The molecule has 5 aliphatic rings. The Morgan fingerprint density at radius 3 is 2.38 bits per heavy atom. The van der Waals surface area contributed by atoms with Gasteiger partial charge in [-0.1, -0.05) is 24.3 Å². The normalized spacial score (nSPS) is 20.7. The van der Waals surface area contributed by atoms with Gasteiger partial charge in [0.25, 0.3) is 0 Å². The third-order valence-corrected chi connectivity index (χ3v) is 14.8. The lowest BCUT2D eigenvalue weighted by Crippen LogP contribution is -2.50.